The Labute approximate surface area is 207 Å². The summed E-state index contributed by atoms with van der Waals surface area (Å²) in [5.41, 5.74) is 9.03. The molecule has 2 aromatic rings. The van der Waals surface area contributed by atoms with Crippen LogP contribution in [-0.4, -0.2) is 38.0 Å². The smallest absolute Gasteiger partial charge is 0.241 e. The fraction of sp³-hybridized carbons (Fsp3) is 0.519. The van der Waals surface area contributed by atoms with Crippen molar-refractivity contribution in [1.82, 2.24) is 0 Å². The fourth-order valence-electron chi connectivity index (χ4n) is 3.99. The van der Waals surface area contributed by atoms with E-state index in [0.717, 1.165) is 60.0 Å². The molecule has 0 aliphatic carbocycles. The molecule has 1 unspecified atom stereocenters. The number of anilines is 1. The van der Waals surface area contributed by atoms with Gasteiger partial charge < -0.3 is 25.3 Å². The molecule has 0 saturated carbocycles. The van der Waals surface area contributed by atoms with Crippen LogP contribution in [0.4, 0.5) is 5.69 Å². The second-order valence-electron chi connectivity index (χ2n) is 9.07. The summed E-state index contributed by atoms with van der Waals surface area (Å²) in [4.78, 5) is 13.7. The van der Waals surface area contributed by atoms with E-state index in [-0.39, 0.29) is 5.91 Å². The molecule has 0 saturated heterocycles. The van der Waals surface area contributed by atoms with E-state index in [1.165, 1.54) is 5.56 Å². The summed E-state index contributed by atoms with van der Waals surface area (Å²) in [6.45, 7) is 7.68. The minimum atomic E-state index is -0.542. The number of ether oxygens (including phenoxy) is 3. The summed E-state index contributed by atoms with van der Waals surface area (Å²) in [7, 11) is 1.60. The Kier molecular flexibility index (Phi) is 9.96. The number of rotatable bonds is 12. The predicted molar refractivity (Wildman–Crippen MR) is 140 cm³/mol. The largest absolute Gasteiger partial charge is 0.495 e. The van der Waals surface area contributed by atoms with E-state index < -0.39 is 6.04 Å². The first kappa shape index (κ1) is 26.2. The zero-order valence-corrected chi connectivity index (χ0v) is 21.6. The Morgan fingerprint density at radius 2 is 2.03 bits per heavy atom. The van der Waals surface area contributed by atoms with Gasteiger partial charge in [0.15, 0.2) is 0 Å². The first-order valence-electron chi connectivity index (χ1n) is 12.2. The summed E-state index contributed by atoms with van der Waals surface area (Å²) in [6.07, 6.45) is 4.31. The van der Waals surface area contributed by atoms with Crippen molar-refractivity contribution in [1.29, 1.82) is 0 Å². The average Bonchev–Trinajstić information content (AvgIpc) is 2.82. The van der Waals surface area contributed by atoms with Gasteiger partial charge in [0.05, 0.1) is 36.9 Å². The highest BCUT2D eigenvalue weighted by Crippen LogP contribution is 2.39. The molecule has 186 valence electrons. The molecular formula is C27H38N2O4S. The molecule has 0 bridgehead atoms. The predicted octanol–water partition coefficient (Wildman–Crippen LogP) is 5.46. The van der Waals surface area contributed by atoms with E-state index in [1.807, 2.05) is 30.0 Å². The number of benzene rings is 2. The maximum atomic E-state index is 12.5. The molecule has 0 aromatic heterocycles. The Bertz CT molecular complexity index is 964. The lowest BCUT2D eigenvalue weighted by Crippen LogP contribution is -2.36. The third-order valence-electron chi connectivity index (χ3n) is 5.68. The number of carbonyl (C=O) groups is 1. The summed E-state index contributed by atoms with van der Waals surface area (Å²) < 4.78 is 17.4. The van der Waals surface area contributed by atoms with Crippen molar-refractivity contribution in [3.05, 3.63) is 41.5 Å². The molecule has 1 atom stereocenters. The molecule has 7 heteroatoms. The second-order valence-corrected chi connectivity index (χ2v) is 10.2. The van der Waals surface area contributed by atoms with Crippen molar-refractivity contribution in [3.63, 3.8) is 0 Å². The van der Waals surface area contributed by atoms with Crippen LogP contribution < -0.4 is 25.3 Å². The van der Waals surface area contributed by atoms with E-state index in [2.05, 4.69) is 38.2 Å². The number of carbonyl (C=O) groups excluding carboxylic acids is 1. The average molecular weight is 487 g/mol. The molecule has 2 aromatic carbocycles. The van der Waals surface area contributed by atoms with Crippen molar-refractivity contribution in [2.24, 2.45) is 11.7 Å². The first-order chi connectivity index (χ1) is 16.4. The van der Waals surface area contributed by atoms with Crippen LogP contribution in [0.15, 0.2) is 35.2 Å². The lowest BCUT2D eigenvalue weighted by atomic mass is 10.0. The topological polar surface area (TPSA) is 82.8 Å². The summed E-state index contributed by atoms with van der Waals surface area (Å²) in [6, 6.07) is 9.66. The van der Waals surface area contributed by atoms with Crippen LogP contribution in [0.2, 0.25) is 0 Å². The summed E-state index contributed by atoms with van der Waals surface area (Å²) in [5, 5.41) is 2.95. The minimum Gasteiger partial charge on any atom is -0.495 e. The molecule has 1 aliphatic rings. The van der Waals surface area contributed by atoms with Crippen molar-refractivity contribution >= 4 is 23.4 Å². The van der Waals surface area contributed by atoms with Gasteiger partial charge in [-0.2, -0.15) is 0 Å². The van der Waals surface area contributed by atoms with Crippen LogP contribution >= 0.6 is 11.8 Å². The highest BCUT2D eigenvalue weighted by Gasteiger charge is 2.18. The Morgan fingerprint density at radius 1 is 1.21 bits per heavy atom. The molecular weight excluding hydrogens is 448 g/mol. The van der Waals surface area contributed by atoms with Gasteiger partial charge in [0.2, 0.25) is 5.91 Å². The van der Waals surface area contributed by atoms with Crippen molar-refractivity contribution in [3.8, 4) is 17.2 Å². The highest BCUT2D eigenvalue weighted by atomic mass is 32.2. The van der Waals surface area contributed by atoms with Crippen molar-refractivity contribution < 1.29 is 19.0 Å². The zero-order chi connectivity index (χ0) is 24.5. The van der Waals surface area contributed by atoms with Crippen LogP contribution in [0.1, 0.15) is 51.2 Å². The van der Waals surface area contributed by atoms with Gasteiger partial charge in [0.1, 0.15) is 17.2 Å². The van der Waals surface area contributed by atoms with Gasteiger partial charge in [-0.3, -0.25) is 4.79 Å². The normalized spacial score (nSPS) is 13.7. The molecule has 3 N–H and O–H groups in total. The molecule has 1 heterocycles. The third kappa shape index (κ3) is 7.31. The lowest BCUT2D eigenvalue weighted by molar-refractivity contribution is -0.117. The maximum Gasteiger partial charge on any atom is 0.241 e. The van der Waals surface area contributed by atoms with Gasteiger partial charge in [-0.15, -0.1) is 11.8 Å². The van der Waals surface area contributed by atoms with Crippen LogP contribution in [0.25, 0.3) is 0 Å². The van der Waals surface area contributed by atoms with Crippen molar-refractivity contribution in [2.45, 2.75) is 63.8 Å². The van der Waals surface area contributed by atoms with Gasteiger partial charge in [0.25, 0.3) is 0 Å². The molecule has 34 heavy (non-hydrogen) atoms. The number of hydrogen-bond acceptors (Lipinski definition) is 6. The molecule has 0 radical (unpaired) electrons. The lowest BCUT2D eigenvalue weighted by Gasteiger charge is -2.20. The molecule has 1 amide bonds. The van der Waals surface area contributed by atoms with Gasteiger partial charge in [0, 0.05) is 5.75 Å². The Morgan fingerprint density at radius 3 is 2.76 bits per heavy atom. The van der Waals surface area contributed by atoms with E-state index in [1.54, 1.807) is 7.11 Å². The Balaban J connectivity index is 1.67. The standard InChI is InChI=1S/C27H38N2O4S/c1-5-11-32-24-17-26-25(33-12-13-34-26)16-20(24)8-6-7-19-9-10-23(31-4)22(15-19)29-27(30)21(28)14-18(2)3/h9-10,15-18,21H,5-8,11-14,28H2,1-4H3,(H,29,30). The van der Waals surface area contributed by atoms with E-state index in [9.17, 15) is 4.79 Å². The van der Waals surface area contributed by atoms with Crippen LogP contribution in [0.5, 0.6) is 17.2 Å². The Hall–Kier alpha value is -2.38. The number of nitrogens with two attached hydrogens (primary N) is 1. The van der Waals surface area contributed by atoms with Gasteiger partial charge in [-0.25, -0.2) is 0 Å². The van der Waals surface area contributed by atoms with Gasteiger partial charge in [-0.1, -0.05) is 26.8 Å². The first-order valence-corrected chi connectivity index (χ1v) is 13.2. The van der Waals surface area contributed by atoms with Crippen LogP contribution in [0.3, 0.4) is 0 Å². The highest BCUT2D eigenvalue weighted by molar-refractivity contribution is 7.99. The van der Waals surface area contributed by atoms with E-state index >= 15 is 0 Å². The minimum absolute atomic E-state index is 0.186. The van der Waals surface area contributed by atoms with Crippen molar-refractivity contribution in [2.75, 3.05) is 31.4 Å². The molecule has 3 rings (SSSR count). The zero-order valence-electron chi connectivity index (χ0n) is 20.8. The monoisotopic (exact) mass is 486 g/mol. The quantitative estimate of drug-likeness (QED) is 0.415. The van der Waals surface area contributed by atoms with Gasteiger partial charge >= 0.3 is 0 Å². The SMILES string of the molecule is CCCOc1cc2c(cc1CCCc1ccc(OC)c(NC(=O)C(N)CC(C)C)c1)OCCS2. The third-order valence-corrected chi connectivity index (χ3v) is 6.68. The number of thioether (sulfide) groups is 1. The van der Waals surface area contributed by atoms with Gasteiger partial charge in [-0.05, 0) is 73.4 Å². The van der Waals surface area contributed by atoms with Crippen LogP contribution in [0, 0.1) is 5.92 Å². The number of fused-ring (bicyclic) bond motifs is 1. The number of amides is 1. The van der Waals surface area contributed by atoms with E-state index in [4.69, 9.17) is 19.9 Å². The van der Waals surface area contributed by atoms with E-state index in [0.29, 0.717) is 30.4 Å². The molecule has 6 nitrogen and oxygen atoms in total. The number of hydrogen-bond donors (Lipinski definition) is 2. The molecule has 0 fully saturated rings. The maximum absolute atomic E-state index is 12.5. The summed E-state index contributed by atoms with van der Waals surface area (Å²) in [5.74, 6) is 3.69. The second kappa shape index (κ2) is 12.9. The molecule has 1 aliphatic heterocycles. The van der Waals surface area contributed by atoms with Crippen LogP contribution in [-0.2, 0) is 17.6 Å². The number of nitrogens with one attached hydrogen (secondary N) is 1. The number of methoxy groups -OCH3 is 1. The summed E-state index contributed by atoms with van der Waals surface area (Å²) >= 11 is 1.82. The number of aryl methyl sites for hydroxylation is 2. The molecule has 0 spiro atoms. The fourth-order valence-corrected chi connectivity index (χ4v) is 4.82.